The molecule has 1 amide bonds. The molecule has 0 unspecified atom stereocenters. The van der Waals surface area contributed by atoms with Gasteiger partial charge in [-0.1, -0.05) is 42.5 Å². The Morgan fingerprint density at radius 1 is 0.919 bits per heavy atom. The van der Waals surface area contributed by atoms with Gasteiger partial charge in [0.2, 0.25) is 0 Å². The summed E-state index contributed by atoms with van der Waals surface area (Å²) in [4.78, 5) is 29.9. The lowest BCUT2D eigenvalue weighted by molar-refractivity contribution is -0.116. The first kappa shape index (κ1) is 22.9. The Hall–Kier alpha value is -4.58. The largest absolute Gasteiger partial charge is 0.497 e. The SMILES string of the molecule is COc1ccc([C@H]2C3=C(C[C@@H](c4ccco4)CC3=O)Nc3ccccc3N2C(=O)c2ccccc2)cc1. The van der Waals surface area contributed by atoms with Gasteiger partial charge in [0.1, 0.15) is 11.5 Å². The van der Waals surface area contributed by atoms with Crippen LogP contribution in [-0.2, 0) is 4.79 Å². The number of hydrogen-bond donors (Lipinski definition) is 1. The normalized spacial score (nSPS) is 18.9. The number of carbonyl (C=O) groups is 2. The minimum Gasteiger partial charge on any atom is -0.497 e. The third kappa shape index (κ3) is 4.10. The summed E-state index contributed by atoms with van der Waals surface area (Å²) < 4.78 is 11.1. The molecular formula is C31H26N2O4. The Morgan fingerprint density at radius 3 is 2.41 bits per heavy atom. The molecule has 0 bridgehead atoms. The number of ether oxygens (including phenoxy) is 1. The third-order valence-electron chi connectivity index (χ3n) is 7.11. The number of benzene rings is 3. The lowest BCUT2D eigenvalue weighted by atomic mass is 9.80. The highest BCUT2D eigenvalue weighted by molar-refractivity contribution is 6.12. The maximum Gasteiger partial charge on any atom is 0.259 e. The van der Waals surface area contributed by atoms with Gasteiger partial charge in [0, 0.05) is 29.2 Å². The number of para-hydroxylation sites is 2. The van der Waals surface area contributed by atoms with Crippen LogP contribution in [0.2, 0.25) is 0 Å². The zero-order valence-corrected chi connectivity index (χ0v) is 20.4. The van der Waals surface area contributed by atoms with Crippen molar-refractivity contribution in [2.75, 3.05) is 17.3 Å². The van der Waals surface area contributed by atoms with Gasteiger partial charge in [-0.2, -0.15) is 0 Å². The number of nitrogens with zero attached hydrogens (tertiary/aromatic N) is 1. The monoisotopic (exact) mass is 490 g/mol. The highest BCUT2D eigenvalue weighted by atomic mass is 16.5. The maximum absolute atomic E-state index is 14.2. The molecular weight excluding hydrogens is 464 g/mol. The number of fused-ring (bicyclic) bond motifs is 1. The van der Waals surface area contributed by atoms with E-state index < -0.39 is 6.04 Å². The van der Waals surface area contributed by atoms with E-state index >= 15 is 0 Å². The molecule has 184 valence electrons. The van der Waals surface area contributed by atoms with Crippen LogP contribution in [0.3, 0.4) is 0 Å². The molecule has 1 aliphatic carbocycles. The average Bonchev–Trinajstić information content (AvgIpc) is 3.43. The second kappa shape index (κ2) is 9.47. The number of nitrogens with one attached hydrogen (secondary N) is 1. The summed E-state index contributed by atoms with van der Waals surface area (Å²) in [7, 11) is 1.62. The molecule has 6 rings (SSSR count). The topological polar surface area (TPSA) is 71.8 Å². The number of allylic oxidation sites excluding steroid dienone is 1. The molecule has 1 aliphatic heterocycles. The summed E-state index contributed by atoms with van der Waals surface area (Å²) in [5, 5.41) is 3.54. The Bertz CT molecular complexity index is 1470. The molecule has 0 radical (unpaired) electrons. The van der Waals surface area contributed by atoms with E-state index in [1.807, 2.05) is 78.9 Å². The van der Waals surface area contributed by atoms with E-state index in [-0.39, 0.29) is 17.6 Å². The minimum absolute atomic E-state index is 0.00497. The second-order valence-corrected chi connectivity index (χ2v) is 9.30. The Kier molecular flexibility index (Phi) is 5.85. The molecule has 2 aliphatic rings. The van der Waals surface area contributed by atoms with Crippen molar-refractivity contribution < 1.29 is 18.7 Å². The molecule has 2 heterocycles. The summed E-state index contributed by atoms with van der Waals surface area (Å²) in [5.74, 6) is 1.24. The van der Waals surface area contributed by atoms with Crippen LogP contribution in [0, 0.1) is 0 Å². The fraction of sp³-hybridized carbons (Fsp3) is 0.161. The molecule has 2 atom stereocenters. The van der Waals surface area contributed by atoms with E-state index in [1.54, 1.807) is 30.4 Å². The maximum atomic E-state index is 14.2. The smallest absolute Gasteiger partial charge is 0.259 e. The van der Waals surface area contributed by atoms with E-state index in [2.05, 4.69) is 5.32 Å². The number of ketones is 1. The molecule has 3 aromatic carbocycles. The highest BCUT2D eigenvalue weighted by Crippen LogP contribution is 2.48. The number of rotatable bonds is 4. The Morgan fingerprint density at radius 2 is 1.68 bits per heavy atom. The Labute approximate surface area is 215 Å². The number of hydrogen-bond acceptors (Lipinski definition) is 5. The van der Waals surface area contributed by atoms with E-state index in [1.165, 1.54) is 0 Å². The fourth-order valence-corrected chi connectivity index (χ4v) is 5.36. The van der Waals surface area contributed by atoms with Crippen LogP contribution < -0.4 is 15.0 Å². The molecule has 0 fully saturated rings. The molecule has 1 aromatic heterocycles. The molecule has 1 N–H and O–H groups in total. The van der Waals surface area contributed by atoms with Crippen molar-refractivity contribution in [1.82, 2.24) is 0 Å². The lowest BCUT2D eigenvalue weighted by Gasteiger charge is -2.35. The van der Waals surface area contributed by atoms with Crippen LogP contribution in [0.5, 0.6) is 5.75 Å². The zero-order chi connectivity index (χ0) is 25.4. The van der Waals surface area contributed by atoms with Gasteiger partial charge in [0.05, 0.1) is 30.8 Å². The molecule has 0 saturated heterocycles. The van der Waals surface area contributed by atoms with Crippen molar-refractivity contribution in [3.63, 3.8) is 0 Å². The molecule has 4 aromatic rings. The molecule has 0 spiro atoms. The van der Waals surface area contributed by atoms with Crippen molar-refractivity contribution in [2.45, 2.75) is 24.8 Å². The Balaban J connectivity index is 1.57. The van der Waals surface area contributed by atoms with E-state index in [4.69, 9.17) is 9.15 Å². The van der Waals surface area contributed by atoms with Gasteiger partial charge in [-0.25, -0.2) is 0 Å². The van der Waals surface area contributed by atoms with E-state index in [0.29, 0.717) is 35.4 Å². The standard InChI is InChI=1S/C31H26N2O4/c1-36-23-15-13-20(14-16-23)30-29-25(18-22(19-27(29)34)28-12-7-17-37-28)32-24-10-5-6-11-26(24)33(30)31(35)21-8-3-2-4-9-21/h2-17,22,30,32H,18-19H2,1H3/t22-,30+/m1/s1. The lowest BCUT2D eigenvalue weighted by Crippen LogP contribution is -2.38. The first-order valence-electron chi connectivity index (χ1n) is 12.3. The van der Waals surface area contributed by atoms with Crippen LogP contribution in [0.4, 0.5) is 11.4 Å². The van der Waals surface area contributed by atoms with Crippen molar-refractivity contribution in [2.24, 2.45) is 0 Å². The van der Waals surface area contributed by atoms with Gasteiger partial charge in [0.25, 0.3) is 5.91 Å². The highest BCUT2D eigenvalue weighted by Gasteiger charge is 2.42. The van der Waals surface area contributed by atoms with E-state index in [9.17, 15) is 9.59 Å². The molecule has 6 nitrogen and oxygen atoms in total. The predicted octanol–water partition coefficient (Wildman–Crippen LogP) is 6.50. The minimum atomic E-state index is -0.616. The van der Waals surface area contributed by atoms with Gasteiger partial charge in [0.15, 0.2) is 5.78 Å². The van der Waals surface area contributed by atoms with Gasteiger partial charge in [-0.15, -0.1) is 0 Å². The summed E-state index contributed by atoms with van der Waals surface area (Å²) >= 11 is 0. The summed E-state index contributed by atoms with van der Waals surface area (Å²) in [6, 6.07) is 27.6. The first-order valence-corrected chi connectivity index (χ1v) is 12.3. The van der Waals surface area contributed by atoms with Gasteiger partial charge < -0.3 is 14.5 Å². The number of methoxy groups -OCH3 is 1. The summed E-state index contributed by atoms with van der Waals surface area (Å²) in [6.45, 7) is 0. The van der Waals surface area contributed by atoms with Crippen LogP contribution in [-0.4, -0.2) is 18.8 Å². The molecule has 6 heteroatoms. The van der Waals surface area contributed by atoms with Gasteiger partial charge in [-0.05, 0) is 60.5 Å². The molecule has 37 heavy (non-hydrogen) atoms. The third-order valence-corrected chi connectivity index (χ3v) is 7.11. The number of anilines is 2. The first-order chi connectivity index (χ1) is 18.1. The van der Waals surface area contributed by atoms with Crippen LogP contribution in [0.1, 0.15) is 46.5 Å². The number of amides is 1. The summed E-state index contributed by atoms with van der Waals surface area (Å²) in [5.41, 5.74) is 4.30. The van der Waals surface area contributed by atoms with Crippen LogP contribution in [0.15, 0.2) is 113 Å². The number of carbonyl (C=O) groups excluding carboxylic acids is 2. The van der Waals surface area contributed by atoms with Crippen LogP contribution >= 0.6 is 0 Å². The van der Waals surface area contributed by atoms with Crippen molar-refractivity contribution in [3.05, 3.63) is 125 Å². The quantitative estimate of drug-likeness (QED) is 0.353. The zero-order valence-electron chi connectivity index (χ0n) is 20.4. The van der Waals surface area contributed by atoms with Crippen molar-refractivity contribution in [3.8, 4) is 5.75 Å². The molecule has 0 saturated carbocycles. The van der Waals surface area contributed by atoms with Crippen LogP contribution in [0.25, 0.3) is 0 Å². The summed E-state index contributed by atoms with van der Waals surface area (Å²) in [6.07, 6.45) is 2.55. The predicted molar refractivity (Wildman–Crippen MR) is 142 cm³/mol. The van der Waals surface area contributed by atoms with Crippen molar-refractivity contribution >= 4 is 23.1 Å². The van der Waals surface area contributed by atoms with Gasteiger partial charge >= 0.3 is 0 Å². The second-order valence-electron chi connectivity index (χ2n) is 9.30. The van der Waals surface area contributed by atoms with Crippen molar-refractivity contribution in [1.29, 1.82) is 0 Å². The van der Waals surface area contributed by atoms with E-state index in [0.717, 1.165) is 22.7 Å². The average molecular weight is 491 g/mol. The van der Waals surface area contributed by atoms with Gasteiger partial charge in [-0.3, -0.25) is 14.5 Å². The fourth-order valence-electron chi connectivity index (χ4n) is 5.36. The number of furan rings is 1. The number of Topliss-reactive ketones (excluding diaryl/α,β-unsaturated/α-hetero) is 1.